The van der Waals surface area contributed by atoms with Gasteiger partial charge in [-0.2, -0.15) is 22.0 Å². The number of hydrogen-bond acceptors (Lipinski definition) is 5. The Labute approximate surface area is 169 Å². The summed E-state index contributed by atoms with van der Waals surface area (Å²) in [7, 11) is 1.24. The Morgan fingerprint density at radius 2 is 1.81 bits per heavy atom. The first kappa shape index (κ1) is 22.8. The molecule has 0 radical (unpaired) electrons. The van der Waals surface area contributed by atoms with Crippen LogP contribution in [0.2, 0.25) is 0 Å². The van der Waals surface area contributed by atoms with E-state index in [0.29, 0.717) is 18.2 Å². The maximum Gasteiger partial charge on any atom is 0.458 e. The molecular weight excluding hydrogens is 441 g/mol. The van der Waals surface area contributed by atoms with Crippen molar-refractivity contribution in [1.82, 2.24) is 9.78 Å². The molecule has 1 aliphatic heterocycles. The molecule has 1 N–H and O–H groups in total. The third-order valence-corrected chi connectivity index (χ3v) is 4.81. The lowest BCUT2D eigenvalue weighted by atomic mass is 9.86. The molecule has 2 heterocycles. The smallest absolute Gasteiger partial charge is 0.458 e. The van der Waals surface area contributed by atoms with Crippen LogP contribution in [0.1, 0.15) is 17.2 Å². The Bertz CT molecular complexity index is 1020. The van der Waals surface area contributed by atoms with Crippen molar-refractivity contribution in [3.63, 3.8) is 0 Å². The van der Waals surface area contributed by atoms with Gasteiger partial charge in [-0.1, -0.05) is 0 Å². The van der Waals surface area contributed by atoms with Gasteiger partial charge in [0.05, 0.1) is 0 Å². The second-order valence-electron chi connectivity index (χ2n) is 6.88. The zero-order valence-corrected chi connectivity index (χ0v) is 15.7. The monoisotopic (exact) mass is 456 g/mol. The van der Waals surface area contributed by atoms with Gasteiger partial charge in [0.15, 0.2) is 11.7 Å². The van der Waals surface area contributed by atoms with Crippen LogP contribution in [0.25, 0.3) is 0 Å². The lowest BCUT2D eigenvalue weighted by Gasteiger charge is -2.42. The summed E-state index contributed by atoms with van der Waals surface area (Å²) < 4.78 is 105. The highest BCUT2D eigenvalue weighted by Gasteiger charge is 2.59. The molecule has 0 saturated carbocycles. The highest BCUT2D eigenvalue weighted by Crippen LogP contribution is 2.48. The normalized spacial score (nSPS) is 20.7. The quantitative estimate of drug-likeness (QED) is 0.701. The number of fused-ring (bicyclic) bond motifs is 1. The largest absolute Gasteiger partial charge is 0.478 e. The van der Waals surface area contributed by atoms with Crippen LogP contribution >= 0.6 is 0 Å². The Kier molecular flexibility index (Phi) is 5.67. The van der Waals surface area contributed by atoms with Gasteiger partial charge in [0.2, 0.25) is 5.88 Å². The summed E-state index contributed by atoms with van der Waals surface area (Å²) in [6.45, 7) is -3.13. The fourth-order valence-electron chi connectivity index (χ4n) is 3.00. The fraction of sp³-hybridized carbons (Fsp3) is 0.444. The molecule has 0 bridgehead atoms. The van der Waals surface area contributed by atoms with Crippen LogP contribution in [0, 0.1) is 0 Å². The molecule has 31 heavy (non-hydrogen) atoms. The number of aryl methyl sites for hydroxylation is 1. The molecule has 2 aromatic rings. The van der Waals surface area contributed by atoms with Gasteiger partial charge in [0.1, 0.15) is 25.2 Å². The van der Waals surface area contributed by atoms with Crippen LogP contribution < -0.4 is 15.0 Å². The number of hydrogen-bond donors (Lipinski definition) is 1. The summed E-state index contributed by atoms with van der Waals surface area (Å²) in [6, 6.07) is 3.48. The van der Waals surface area contributed by atoms with Gasteiger partial charge in [-0.3, -0.25) is 4.79 Å². The number of halogens is 7. The van der Waals surface area contributed by atoms with Crippen LogP contribution in [0.5, 0.6) is 11.6 Å². The van der Waals surface area contributed by atoms with Gasteiger partial charge >= 0.3 is 12.1 Å². The van der Waals surface area contributed by atoms with Crippen molar-refractivity contribution in [1.29, 1.82) is 0 Å². The first-order valence-corrected chi connectivity index (χ1v) is 8.65. The molecule has 0 aliphatic carbocycles. The highest BCUT2D eigenvalue weighted by atomic mass is 19.4. The van der Waals surface area contributed by atoms with Gasteiger partial charge in [0, 0.05) is 30.3 Å². The van der Waals surface area contributed by atoms with E-state index < -0.39 is 65.7 Å². The molecule has 1 aromatic carbocycles. The van der Waals surface area contributed by atoms with Crippen molar-refractivity contribution < 1.29 is 45.3 Å². The lowest BCUT2D eigenvalue weighted by Crippen LogP contribution is -2.58. The predicted octanol–water partition coefficient (Wildman–Crippen LogP) is 2.99. The van der Waals surface area contributed by atoms with Crippen LogP contribution in [-0.2, 0) is 13.0 Å². The van der Waals surface area contributed by atoms with Crippen molar-refractivity contribution in [3.8, 4) is 11.6 Å². The van der Waals surface area contributed by atoms with E-state index in [1.807, 2.05) is 0 Å². The van der Waals surface area contributed by atoms with E-state index in [-0.39, 0.29) is 5.88 Å². The molecule has 1 aromatic heterocycles. The van der Waals surface area contributed by atoms with Gasteiger partial charge in [-0.25, -0.2) is 13.5 Å². The van der Waals surface area contributed by atoms with E-state index in [4.69, 9.17) is 9.47 Å². The van der Waals surface area contributed by atoms with Gasteiger partial charge < -0.3 is 14.6 Å². The van der Waals surface area contributed by atoms with E-state index in [1.54, 1.807) is 0 Å². The Hall–Kier alpha value is -2.83. The van der Waals surface area contributed by atoms with Crippen molar-refractivity contribution in [3.05, 3.63) is 51.8 Å². The molecule has 2 atom stereocenters. The van der Waals surface area contributed by atoms with Crippen LogP contribution in [0.3, 0.4) is 0 Å². The molecule has 1 aliphatic rings. The fourth-order valence-corrected chi connectivity index (χ4v) is 3.00. The second kappa shape index (κ2) is 7.70. The number of aliphatic hydroxyl groups is 1. The van der Waals surface area contributed by atoms with Crippen molar-refractivity contribution in [2.75, 3.05) is 13.3 Å². The number of aliphatic hydroxyl groups excluding tert-OH is 1. The van der Waals surface area contributed by atoms with Crippen LogP contribution in [0.4, 0.5) is 30.7 Å². The van der Waals surface area contributed by atoms with Gasteiger partial charge in [-0.15, -0.1) is 5.10 Å². The third-order valence-electron chi connectivity index (χ3n) is 4.81. The Balaban J connectivity index is 2.14. The Morgan fingerprint density at radius 3 is 2.35 bits per heavy atom. The summed E-state index contributed by atoms with van der Waals surface area (Å²) >= 11 is 0. The molecule has 0 saturated heterocycles. The topological polar surface area (TPSA) is 73.6 Å². The maximum atomic E-state index is 13.8. The molecule has 13 heteroatoms. The van der Waals surface area contributed by atoms with E-state index in [0.717, 1.165) is 16.8 Å². The predicted molar refractivity (Wildman–Crippen MR) is 90.6 cm³/mol. The summed E-state index contributed by atoms with van der Waals surface area (Å²) in [5.41, 5.74) is -5.06. The molecule has 2 unspecified atom stereocenters. The molecule has 0 fully saturated rings. The molecule has 6 nitrogen and oxygen atoms in total. The van der Waals surface area contributed by atoms with E-state index in [9.17, 15) is 40.6 Å². The van der Waals surface area contributed by atoms with Crippen LogP contribution in [0.15, 0.2) is 35.1 Å². The van der Waals surface area contributed by atoms with Gasteiger partial charge in [-0.05, 0) is 18.2 Å². The van der Waals surface area contributed by atoms with Gasteiger partial charge in [0.25, 0.3) is 5.56 Å². The number of ether oxygens (including phenoxy) is 2. The average molecular weight is 456 g/mol. The first-order valence-electron chi connectivity index (χ1n) is 8.65. The molecule has 170 valence electrons. The first-order chi connectivity index (χ1) is 14.4. The number of rotatable bonds is 5. The second-order valence-corrected chi connectivity index (χ2v) is 6.88. The van der Waals surface area contributed by atoms with Crippen LogP contribution in [-0.4, -0.2) is 46.1 Å². The summed E-state index contributed by atoms with van der Waals surface area (Å²) in [4.78, 5) is 11.5. The van der Waals surface area contributed by atoms with Crippen molar-refractivity contribution >= 4 is 0 Å². The zero-order valence-electron chi connectivity index (χ0n) is 15.7. The maximum absolute atomic E-state index is 13.8. The lowest BCUT2D eigenvalue weighted by molar-refractivity contribution is -0.289. The minimum Gasteiger partial charge on any atom is -0.478 e. The molecular formula is C18H15F7N2O4. The minimum atomic E-state index is -5.92. The van der Waals surface area contributed by atoms with E-state index in [2.05, 4.69) is 5.10 Å². The number of alkyl halides is 7. The van der Waals surface area contributed by atoms with E-state index >= 15 is 0 Å². The number of benzene rings is 1. The summed E-state index contributed by atoms with van der Waals surface area (Å²) in [5.74, 6) is -6.09. The zero-order chi connectivity index (χ0) is 23.2. The molecule has 0 amide bonds. The Morgan fingerprint density at radius 1 is 1.16 bits per heavy atom. The highest BCUT2D eigenvalue weighted by molar-refractivity contribution is 5.44. The standard InChI is InChI=1S/C18H15F7N2O4/c1-27-13(28)5-4-12(26-27)30-14-10-6-9(17(21,22)18(23,24)25)2-3-11(10)31-16(7-19,8-20)15(14)29/h2-6,14-15,29H,7-8H2,1H3. The summed E-state index contributed by atoms with van der Waals surface area (Å²) in [5, 5.41) is 14.2. The number of aromatic nitrogens is 2. The molecule has 0 spiro atoms. The SMILES string of the molecule is Cn1nc(OC2c3cc(C(F)(F)C(F)(F)F)ccc3OC(CF)(CF)C2O)ccc1=O. The molecule has 3 rings (SSSR count). The summed E-state index contributed by atoms with van der Waals surface area (Å²) in [6.07, 6.45) is -9.93. The van der Waals surface area contributed by atoms with E-state index in [1.165, 1.54) is 7.05 Å². The average Bonchev–Trinajstić information content (AvgIpc) is 2.71. The minimum absolute atomic E-state index is 0.362. The third kappa shape index (κ3) is 3.82. The van der Waals surface area contributed by atoms with Crippen molar-refractivity contribution in [2.45, 2.75) is 29.9 Å². The number of nitrogens with zero attached hydrogens (tertiary/aromatic N) is 2. The van der Waals surface area contributed by atoms with Crippen molar-refractivity contribution in [2.24, 2.45) is 7.05 Å².